The van der Waals surface area contributed by atoms with Gasteiger partial charge in [-0.3, -0.25) is 0 Å². The highest BCUT2D eigenvalue weighted by molar-refractivity contribution is 5.32. The van der Waals surface area contributed by atoms with Gasteiger partial charge in [-0.05, 0) is 13.0 Å². The number of nitrogens with zero attached hydrogens (tertiary/aromatic N) is 4. The average Bonchev–Trinajstić information content (AvgIpc) is 2.77. The van der Waals surface area contributed by atoms with Crippen LogP contribution in [0.1, 0.15) is 31.4 Å². The Balaban J connectivity index is 1.90. The van der Waals surface area contributed by atoms with Gasteiger partial charge in [0.1, 0.15) is 17.5 Å². The third kappa shape index (κ3) is 3.06. The summed E-state index contributed by atoms with van der Waals surface area (Å²) in [4.78, 5) is 12.7. The third-order valence-corrected chi connectivity index (χ3v) is 2.70. The van der Waals surface area contributed by atoms with Crippen molar-refractivity contribution in [3.63, 3.8) is 0 Å². The van der Waals surface area contributed by atoms with Crippen LogP contribution in [0.4, 0.5) is 5.82 Å². The summed E-state index contributed by atoms with van der Waals surface area (Å²) >= 11 is 0. The zero-order chi connectivity index (χ0) is 13.0. The summed E-state index contributed by atoms with van der Waals surface area (Å²) in [6, 6.07) is 1.88. The van der Waals surface area contributed by atoms with Gasteiger partial charge in [0.05, 0.1) is 0 Å². The van der Waals surface area contributed by atoms with Gasteiger partial charge in [-0.1, -0.05) is 13.8 Å². The molecule has 0 amide bonds. The first-order chi connectivity index (χ1) is 8.66. The molecule has 2 heterocycles. The molecule has 18 heavy (non-hydrogen) atoms. The van der Waals surface area contributed by atoms with Crippen molar-refractivity contribution in [2.75, 3.05) is 11.9 Å². The lowest BCUT2D eigenvalue weighted by Gasteiger charge is -2.11. The van der Waals surface area contributed by atoms with Gasteiger partial charge in [0.15, 0.2) is 0 Å². The fourth-order valence-electron chi connectivity index (χ4n) is 1.87. The normalized spacial score (nSPS) is 10.9. The van der Waals surface area contributed by atoms with Crippen molar-refractivity contribution in [2.45, 2.75) is 33.2 Å². The Bertz CT molecular complexity index is 504. The monoisotopic (exact) mass is 245 g/mol. The van der Waals surface area contributed by atoms with Gasteiger partial charge in [-0.15, -0.1) is 0 Å². The second-order valence-electron chi connectivity index (χ2n) is 4.55. The van der Waals surface area contributed by atoms with E-state index in [4.69, 9.17) is 0 Å². The van der Waals surface area contributed by atoms with Crippen molar-refractivity contribution in [1.29, 1.82) is 0 Å². The molecule has 0 atom stereocenters. The smallest absolute Gasteiger partial charge is 0.129 e. The zero-order valence-electron chi connectivity index (χ0n) is 11.1. The van der Waals surface area contributed by atoms with Crippen LogP contribution in [0.3, 0.4) is 0 Å². The van der Waals surface area contributed by atoms with Crippen LogP contribution in [0.5, 0.6) is 0 Å². The van der Waals surface area contributed by atoms with E-state index in [0.29, 0.717) is 5.92 Å². The minimum absolute atomic E-state index is 0.446. The summed E-state index contributed by atoms with van der Waals surface area (Å²) in [5.41, 5.74) is 0. The van der Waals surface area contributed by atoms with E-state index in [1.165, 1.54) is 0 Å². The molecule has 0 aliphatic carbocycles. The topological polar surface area (TPSA) is 55.6 Å². The molecule has 0 fully saturated rings. The number of hydrogen-bond acceptors (Lipinski definition) is 4. The Morgan fingerprint density at radius 2 is 2.11 bits per heavy atom. The van der Waals surface area contributed by atoms with Gasteiger partial charge in [-0.2, -0.15) is 0 Å². The number of rotatable bonds is 5. The molecule has 1 N–H and O–H groups in total. The molecular formula is C13H19N5. The summed E-state index contributed by atoms with van der Waals surface area (Å²) in [7, 11) is 0. The molecule has 2 aromatic rings. The highest BCUT2D eigenvalue weighted by atomic mass is 15.1. The molecule has 5 nitrogen and oxygen atoms in total. The summed E-state index contributed by atoms with van der Waals surface area (Å²) in [6.45, 7) is 7.90. The van der Waals surface area contributed by atoms with Crippen molar-refractivity contribution in [1.82, 2.24) is 19.5 Å². The van der Waals surface area contributed by atoms with Crippen molar-refractivity contribution < 1.29 is 0 Å². The van der Waals surface area contributed by atoms with Crippen LogP contribution in [-0.4, -0.2) is 26.1 Å². The molecule has 0 spiro atoms. The van der Waals surface area contributed by atoms with E-state index < -0.39 is 0 Å². The van der Waals surface area contributed by atoms with Gasteiger partial charge >= 0.3 is 0 Å². The van der Waals surface area contributed by atoms with E-state index in [9.17, 15) is 0 Å². The lowest BCUT2D eigenvalue weighted by molar-refractivity contribution is 0.636. The molecule has 0 unspecified atom stereocenters. The molecule has 2 rings (SSSR count). The van der Waals surface area contributed by atoms with Crippen LogP contribution in [-0.2, 0) is 6.54 Å². The molecule has 2 aromatic heterocycles. The number of nitrogens with one attached hydrogen (secondary N) is 1. The Hall–Kier alpha value is -1.91. The SMILES string of the molecule is Cc1nccc(NCCn2ccnc2C(C)C)n1. The maximum absolute atomic E-state index is 4.37. The van der Waals surface area contributed by atoms with Crippen molar-refractivity contribution in [3.05, 3.63) is 36.3 Å². The highest BCUT2D eigenvalue weighted by Crippen LogP contribution is 2.11. The second-order valence-corrected chi connectivity index (χ2v) is 4.55. The molecule has 0 aliphatic heterocycles. The van der Waals surface area contributed by atoms with Gasteiger partial charge in [0.2, 0.25) is 0 Å². The van der Waals surface area contributed by atoms with E-state index in [1.54, 1.807) is 6.20 Å². The first-order valence-corrected chi connectivity index (χ1v) is 6.21. The zero-order valence-corrected chi connectivity index (χ0v) is 11.1. The molecule has 96 valence electrons. The number of aromatic nitrogens is 4. The maximum atomic E-state index is 4.37. The first kappa shape index (κ1) is 12.5. The molecule has 0 saturated carbocycles. The predicted octanol–water partition coefficient (Wildman–Crippen LogP) is 2.22. The predicted molar refractivity (Wildman–Crippen MR) is 71.6 cm³/mol. The molecule has 5 heteroatoms. The summed E-state index contributed by atoms with van der Waals surface area (Å²) < 4.78 is 2.17. The summed E-state index contributed by atoms with van der Waals surface area (Å²) in [5.74, 6) is 3.22. The lowest BCUT2D eigenvalue weighted by atomic mass is 10.2. The molecule has 0 radical (unpaired) electrons. The van der Waals surface area contributed by atoms with Crippen LogP contribution in [0.15, 0.2) is 24.7 Å². The van der Waals surface area contributed by atoms with Crippen LogP contribution in [0.2, 0.25) is 0 Å². The fraction of sp³-hybridized carbons (Fsp3) is 0.462. The lowest BCUT2D eigenvalue weighted by Crippen LogP contribution is -2.14. The van der Waals surface area contributed by atoms with Gasteiger partial charge < -0.3 is 9.88 Å². The van der Waals surface area contributed by atoms with Crippen molar-refractivity contribution in [3.8, 4) is 0 Å². The largest absolute Gasteiger partial charge is 0.368 e. The molecule has 0 aromatic carbocycles. The van der Waals surface area contributed by atoms with E-state index in [1.807, 2.05) is 25.4 Å². The van der Waals surface area contributed by atoms with Crippen molar-refractivity contribution >= 4 is 5.82 Å². The molecule has 0 aliphatic rings. The maximum Gasteiger partial charge on any atom is 0.129 e. The van der Waals surface area contributed by atoms with E-state index >= 15 is 0 Å². The quantitative estimate of drug-likeness (QED) is 0.877. The Labute approximate surface area is 107 Å². The summed E-state index contributed by atoms with van der Waals surface area (Å²) in [6.07, 6.45) is 5.63. The Morgan fingerprint density at radius 1 is 1.28 bits per heavy atom. The number of hydrogen-bond donors (Lipinski definition) is 1. The Morgan fingerprint density at radius 3 is 2.83 bits per heavy atom. The van der Waals surface area contributed by atoms with Gasteiger partial charge in [0.25, 0.3) is 0 Å². The van der Waals surface area contributed by atoms with Gasteiger partial charge in [-0.25, -0.2) is 15.0 Å². The first-order valence-electron chi connectivity index (χ1n) is 6.21. The number of anilines is 1. The van der Waals surface area contributed by atoms with Crippen LogP contribution < -0.4 is 5.32 Å². The molecular weight excluding hydrogens is 226 g/mol. The van der Waals surface area contributed by atoms with Crippen molar-refractivity contribution in [2.24, 2.45) is 0 Å². The van der Waals surface area contributed by atoms with E-state index in [-0.39, 0.29) is 0 Å². The summed E-state index contributed by atoms with van der Waals surface area (Å²) in [5, 5.41) is 3.29. The molecule has 0 saturated heterocycles. The standard InChI is InChI=1S/C13H19N5/c1-10(2)13-16-7-9-18(13)8-6-15-12-4-5-14-11(3)17-12/h4-5,7,9-10H,6,8H2,1-3H3,(H,14,15,17). The van der Waals surface area contributed by atoms with Crippen LogP contribution in [0, 0.1) is 6.92 Å². The van der Waals surface area contributed by atoms with E-state index in [0.717, 1.165) is 30.6 Å². The average molecular weight is 245 g/mol. The van der Waals surface area contributed by atoms with Crippen LogP contribution >= 0.6 is 0 Å². The minimum Gasteiger partial charge on any atom is -0.368 e. The fourth-order valence-corrected chi connectivity index (χ4v) is 1.87. The third-order valence-electron chi connectivity index (χ3n) is 2.70. The Kier molecular flexibility index (Phi) is 3.92. The van der Waals surface area contributed by atoms with E-state index in [2.05, 4.69) is 38.7 Å². The highest BCUT2D eigenvalue weighted by Gasteiger charge is 2.06. The second kappa shape index (κ2) is 5.62. The molecule has 0 bridgehead atoms. The van der Waals surface area contributed by atoms with Gasteiger partial charge in [0, 0.05) is 37.6 Å². The number of aryl methyl sites for hydroxylation is 1. The number of imidazole rings is 1. The minimum atomic E-state index is 0.446. The van der Waals surface area contributed by atoms with Crippen LogP contribution in [0.25, 0.3) is 0 Å².